The molecule has 0 aliphatic carbocycles. The lowest BCUT2D eigenvalue weighted by atomic mass is 9.88. The summed E-state index contributed by atoms with van der Waals surface area (Å²) < 4.78 is 0. The average molecular weight is 354 g/mol. The van der Waals surface area contributed by atoms with Gasteiger partial charge in [-0.05, 0) is 23.6 Å². The van der Waals surface area contributed by atoms with Gasteiger partial charge in [0.05, 0.1) is 0 Å². The van der Waals surface area contributed by atoms with Gasteiger partial charge in [-0.2, -0.15) is 0 Å². The number of anilines is 1. The van der Waals surface area contributed by atoms with E-state index in [2.05, 4.69) is 21.2 Å². The molecule has 0 aliphatic rings. The Balaban J connectivity index is 2.56. The summed E-state index contributed by atoms with van der Waals surface area (Å²) in [6, 6.07) is 7.67. The number of benzene rings is 1. The Labute approximate surface area is 135 Å². The number of Topliss-reactive ketones (excluding diaryl/α,β-unsaturated/α-hetero) is 1. The molecule has 0 unspecified atom stereocenters. The van der Waals surface area contributed by atoms with E-state index in [0.29, 0.717) is 12.3 Å². The Morgan fingerprint density at radius 1 is 1.10 bits per heavy atom. The molecule has 0 radical (unpaired) electrons. The molecule has 1 aromatic carbocycles. The number of carbonyl (C=O) groups is 2. The number of hydrogen-bond donors (Lipinski definition) is 1. The first kappa shape index (κ1) is 17.9. The minimum Gasteiger partial charge on any atom is -0.326 e. The lowest BCUT2D eigenvalue weighted by Crippen LogP contribution is -2.26. The SMILES string of the molecule is CC(C)[C@H](C)C(=O)C[C@@H](C)C(=O)Nc1ccc(CBr)cc1. The van der Waals surface area contributed by atoms with Gasteiger partial charge in [-0.1, -0.05) is 55.8 Å². The molecule has 1 aromatic rings. The molecule has 1 rings (SSSR count). The molecular weight excluding hydrogens is 330 g/mol. The van der Waals surface area contributed by atoms with E-state index in [1.165, 1.54) is 0 Å². The van der Waals surface area contributed by atoms with Crippen molar-refractivity contribution in [2.45, 2.75) is 39.4 Å². The van der Waals surface area contributed by atoms with Gasteiger partial charge >= 0.3 is 0 Å². The third-order valence-corrected chi connectivity index (χ3v) is 4.49. The van der Waals surface area contributed by atoms with Crippen LogP contribution in [-0.2, 0) is 14.9 Å². The van der Waals surface area contributed by atoms with Crippen molar-refractivity contribution >= 4 is 33.3 Å². The van der Waals surface area contributed by atoms with Gasteiger partial charge in [-0.25, -0.2) is 0 Å². The second-order valence-electron chi connectivity index (χ2n) is 5.92. The molecule has 0 spiro atoms. The van der Waals surface area contributed by atoms with Crippen molar-refractivity contribution in [2.75, 3.05) is 5.32 Å². The molecular formula is C17H24BrNO2. The van der Waals surface area contributed by atoms with Gasteiger partial charge in [-0.3, -0.25) is 9.59 Å². The van der Waals surface area contributed by atoms with Crippen LogP contribution in [-0.4, -0.2) is 11.7 Å². The molecule has 0 bridgehead atoms. The van der Waals surface area contributed by atoms with E-state index in [0.717, 1.165) is 16.6 Å². The fourth-order valence-corrected chi connectivity index (χ4v) is 2.27. The standard InChI is InChI=1S/C17H24BrNO2/c1-11(2)13(4)16(20)9-12(3)17(21)19-15-7-5-14(10-18)6-8-15/h5-8,11-13H,9-10H2,1-4H3,(H,19,21)/t12-,13+/m1/s1. The Hall–Kier alpha value is -1.16. The topological polar surface area (TPSA) is 46.2 Å². The quantitative estimate of drug-likeness (QED) is 0.738. The monoisotopic (exact) mass is 353 g/mol. The predicted octanol–water partition coefficient (Wildman–Crippen LogP) is 4.41. The molecule has 1 amide bonds. The summed E-state index contributed by atoms with van der Waals surface area (Å²) in [6.45, 7) is 7.78. The van der Waals surface area contributed by atoms with Crippen LogP contribution < -0.4 is 5.32 Å². The number of halogens is 1. The van der Waals surface area contributed by atoms with Gasteiger partial charge in [-0.15, -0.1) is 0 Å². The van der Waals surface area contributed by atoms with E-state index in [4.69, 9.17) is 0 Å². The fourth-order valence-electron chi connectivity index (χ4n) is 1.89. The highest BCUT2D eigenvalue weighted by Gasteiger charge is 2.22. The van der Waals surface area contributed by atoms with Crippen LogP contribution in [0.3, 0.4) is 0 Å². The highest BCUT2D eigenvalue weighted by Crippen LogP contribution is 2.18. The number of ketones is 1. The number of nitrogens with one attached hydrogen (secondary N) is 1. The van der Waals surface area contributed by atoms with Gasteiger partial charge in [0.15, 0.2) is 0 Å². The first-order chi connectivity index (χ1) is 9.85. The van der Waals surface area contributed by atoms with Crippen LogP contribution in [0, 0.1) is 17.8 Å². The molecule has 4 heteroatoms. The van der Waals surface area contributed by atoms with Crippen molar-refractivity contribution in [3.8, 4) is 0 Å². The molecule has 0 aliphatic heterocycles. The van der Waals surface area contributed by atoms with E-state index in [-0.39, 0.29) is 23.5 Å². The first-order valence-corrected chi connectivity index (χ1v) is 8.45. The zero-order chi connectivity index (χ0) is 16.0. The van der Waals surface area contributed by atoms with Crippen molar-refractivity contribution in [3.63, 3.8) is 0 Å². The number of rotatable bonds is 7. The number of alkyl halides is 1. The average Bonchev–Trinajstić information content (AvgIpc) is 2.46. The highest BCUT2D eigenvalue weighted by molar-refractivity contribution is 9.08. The van der Waals surface area contributed by atoms with Crippen LogP contribution in [0.1, 0.15) is 39.7 Å². The summed E-state index contributed by atoms with van der Waals surface area (Å²) >= 11 is 3.38. The minimum absolute atomic E-state index is 0.00142. The lowest BCUT2D eigenvalue weighted by molar-refractivity contribution is -0.128. The second kappa shape index (κ2) is 8.32. The van der Waals surface area contributed by atoms with Gasteiger partial charge in [0.25, 0.3) is 0 Å². The van der Waals surface area contributed by atoms with E-state index in [9.17, 15) is 9.59 Å². The van der Waals surface area contributed by atoms with Gasteiger partial charge in [0.1, 0.15) is 5.78 Å². The first-order valence-electron chi connectivity index (χ1n) is 7.33. The largest absolute Gasteiger partial charge is 0.326 e. The molecule has 0 heterocycles. The molecule has 0 fully saturated rings. The zero-order valence-corrected chi connectivity index (χ0v) is 14.7. The number of carbonyl (C=O) groups excluding carboxylic acids is 2. The van der Waals surface area contributed by atoms with Crippen molar-refractivity contribution in [1.29, 1.82) is 0 Å². The summed E-state index contributed by atoms with van der Waals surface area (Å²) in [7, 11) is 0. The molecule has 3 nitrogen and oxygen atoms in total. The normalized spacial score (nSPS) is 13.8. The van der Waals surface area contributed by atoms with Crippen molar-refractivity contribution in [2.24, 2.45) is 17.8 Å². The van der Waals surface area contributed by atoms with E-state index in [1.807, 2.05) is 45.0 Å². The molecule has 0 saturated carbocycles. The highest BCUT2D eigenvalue weighted by atomic mass is 79.9. The third-order valence-electron chi connectivity index (χ3n) is 3.84. The Bertz CT molecular complexity index is 482. The zero-order valence-electron chi connectivity index (χ0n) is 13.2. The third kappa shape index (κ3) is 5.62. The van der Waals surface area contributed by atoms with Gasteiger partial charge in [0, 0.05) is 29.3 Å². The number of hydrogen-bond acceptors (Lipinski definition) is 2. The maximum Gasteiger partial charge on any atom is 0.227 e. The van der Waals surface area contributed by atoms with Gasteiger partial charge < -0.3 is 5.32 Å². The molecule has 21 heavy (non-hydrogen) atoms. The predicted molar refractivity (Wildman–Crippen MR) is 90.5 cm³/mol. The molecule has 116 valence electrons. The summed E-state index contributed by atoms with van der Waals surface area (Å²) in [5.41, 5.74) is 1.92. The number of amides is 1. The summed E-state index contributed by atoms with van der Waals surface area (Å²) in [5, 5.41) is 3.65. The minimum atomic E-state index is -0.311. The van der Waals surface area contributed by atoms with Crippen LogP contribution in [0.4, 0.5) is 5.69 Å². The maximum atomic E-state index is 12.1. The second-order valence-corrected chi connectivity index (χ2v) is 6.48. The van der Waals surface area contributed by atoms with Crippen molar-refractivity contribution < 1.29 is 9.59 Å². The molecule has 0 aromatic heterocycles. The summed E-state index contributed by atoms with van der Waals surface area (Å²) in [4.78, 5) is 24.2. The van der Waals surface area contributed by atoms with E-state index in [1.54, 1.807) is 6.92 Å². The van der Waals surface area contributed by atoms with Crippen molar-refractivity contribution in [1.82, 2.24) is 0 Å². The fraction of sp³-hybridized carbons (Fsp3) is 0.529. The van der Waals surface area contributed by atoms with Crippen LogP contribution in [0.25, 0.3) is 0 Å². The molecule has 2 atom stereocenters. The Kier molecular flexibility index (Phi) is 7.09. The van der Waals surface area contributed by atoms with Crippen LogP contribution in [0.5, 0.6) is 0 Å². The molecule has 0 saturated heterocycles. The summed E-state index contributed by atoms with van der Waals surface area (Å²) in [6.07, 6.45) is 0.296. The maximum absolute atomic E-state index is 12.1. The van der Waals surface area contributed by atoms with E-state index >= 15 is 0 Å². The Morgan fingerprint density at radius 3 is 2.14 bits per heavy atom. The Morgan fingerprint density at radius 2 is 1.67 bits per heavy atom. The lowest BCUT2D eigenvalue weighted by Gasteiger charge is -2.17. The van der Waals surface area contributed by atoms with Crippen LogP contribution in [0.15, 0.2) is 24.3 Å². The summed E-state index contributed by atoms with van der Waals surface area (Å²) in [5.74, 6) is 0.0470. The van der Waals surface area contributed by atoms with E-state index < -0.39 is 0 Å². The molecule has 1 N–H and O–H groups in total. The van der Waals surface area contributed by atoms with Gasteiger partial charge in [0.2, 0.25) is 5.91 Å². The van der Waals surface area contributed by atoms with Crippen LogP contribution in [0.2, 0.25) is 0 Å². The van der Waals surface area contributed by atoms with Crippen LogP contribution >= 0.6 is 15.9 Å². The smallest absolute Gasteiger partial charge is 0.227 e. The van der Waals surface area contributed by atoms with Crippen molar-refractivity contribution in [3.05, 3.63) is 29.8 Å².